The SMILES string of the molecule is CC(C)Oc1ccc(C(=O)NNC(=O)CN2C(=O)[C@@H]3CC=CC[C@H]3C2=O)cc1. The Balaban J connectivity index is 1.51. The number of fused-ring (bicyclic) bond motifs is 1. The summed E-state index contributed by atoms with van der Waals surface area (Å²) >= 11 is 0. The molecular formula is C20H23N3O5. The fraction of sp³-hybridized carbons (Fsp3) is 0.400. The number of amides is 4. The molecular weight excluding hydrogens is 362 g/mol. The lowest BCUT2D eigenvalue weighted by Crippen LogP contribution is -2.47. The number of carbonyl (C=O) groups excluding carboxylic acids is 4. The molecule has 3 rings (SSSR count). The Hall–Kier alpha value is -3.16. The molecule has 0 spiro atoms. The van der Waals surface area contributed by atoms with Gasteiger partial charge in [0.2, 0.25) is 11.8 Å². The summed E-state index contributed by atoms with van der Waals surface area (Å²) in [4.78, 5) is 49.9. The van der Waals surface area contributed by atoms with Crippen LogP contribution >= 0.6 is 0 Å². The van der Waals surface area contributed by atoms with Crippen molar-refractivity contribution in [1.82, 2.24) is 15.8 Å². The lowest BCUT2D eigenvalue weighted by atomic mass is 9.85. The number of carbonyl (C=O) groups is 4. The molecule has 148 valence electrons. The van der Waals surface area contributed by atoms with Gasteiger partial charge in [-0.05, 0) is 51.0 Å². The second-order valence-corrected chi connectivity index (χ2v) is 7.11. The maximum atomic E-state index is 12.3. The summed E-state index contributed by atoms with van der Waals surface area (Å²) in [5, 5.41) is 0. The first-order valence-corrected chi connectivity index (χ1v) is 9.23. The van der Waals surface area contributed by atoms with E-state index in [1.807, 2.05) is 26.0 Å². The number of hydrogen-bond acceptors (Lipinski definition) is 5. The molecule has 0 bridgehead atoms. The predicted octanol–water partition coefficient (Wildman–Crippen LogP) is 1.19. The number of hydrazine groups is 1. The highest BCUT2D eigenvalue weighted by atomic mass is 16.5. The van der Waals surface area contributed by atoms with Crippen LogP contribution in [0.15, 0.2) is 36.4 Å². The van der Waals surface area contributed by atoms with Crippen LogP contribution in [0.3, 0.4) is 0 Å². The maximum absolute atomic E-state index is 12.3. The zero-order valence-electron chi connectivity index (χ0n) is 15.8. The molecule has 1 heterocycles. The fourth-order valence-electron chi connectivity index (χ4n) is 3.36. The highest BCUT2D eigenvalue weighted by Crippen LogP contribution is 2.34. The molecule has 2 N–H and O–H groups in total. The van der Waals surface area contributed by atoms with Crippen molar-refractivity contribution in [3.63, 3.8) is 0 Å². The summed E-state index contributed by atoms with van der Waals surface area (Å²) < 4.78 is 5.51. The van der Waals surface area contributed by atoms with Gasteiger partial charge in [0.05, 0.1) is 17.9 Å². The van der Waals surface area contributed by atoms with E-state index in [9.17, 15) is 19.2 Å². The number of nitrogens with zero attached hydrogens (tertiary/aromatic N) is 1. The van der Waals surface area contributed by atoms with Gasteiger partial charge in [0.25, 0.3) is 11.8 Å². The Kier molecular flexibility index (Phi) is 5.77. The molecule has 0 radical (unpaired) electrons. The number of nitrogens with one attached hydrogen (secondary N) is 2. The normalized spacial score (nSPS) is 20.9. The Bertz CT molecular complexity index is 790. The van der Waals surface area contributed by atoms with Gasteiger partial charge in [-0.15, -0.1) is 0 Å². The van der Waals surface area contributed by atoms with Gasteiger partial charge >= 0.3 is 0 Å². The molecule has 8 nitrogen and oxygen atoms in total. The van der Waals surface area contributed by atoms with Gasteiger partial charge in [-0.2, -0.15) is 0 Å². The van der Waals surface area contributed by atoms with E-state index in [-0.39, 0.29) is 29.8 Å². The Labute approximate surface area is 162 Å². The standard InChI is InChI=1S/C20H23N3O5/c1-12(2)28-14-9-7-13(8-10-14)18(25)22-21-17(24)11-23-19(26)15-5-3-4-6-16(15)20(23)27/h3-4,7-10,12,15-16H,5-6,11H2,1-2H3,(H,21,24)(H,22,25)/t15-,16-/m1/s1. The molecule has 0 unspecified atom stereocenters. The Morgan fingerprint density at radius 1 is 1.04 bits per heavy atom. The van der Waals surface area contributed by atoms with Gasteiger partial charge in [-0.3, -0.25) is 34.9 Å². The van der Waals surface area contributed by atoms with Crippen molar-refractivity contribution >= 4 is 23.6 Å². The second kappa shape index (κ2) is 8.24. The molecule has 1 aliphatic carbocycles. The number of benzene rings is 1. The topological polar surface area (TPSA) is 105 Å². The fourth-order valence-corrected chi connectivity index (χ4v) is 3.36. The number of rotatable bonds is 5. The van der Waals surface area contributed by atoms with Crippen molar-refractivity contribution in [2.75, 3.05) is 6.54 Å². The van der Waals surface area contributed by atoms with Gasteiger partial charge in [0.1, 0.15) is 12.3 Å². The molecule has 1 aromatic rings. The maximum Gasteiger partial charge on any atom is 0.269 e. The zero-order chi connectivity index (χ0) is 20.3. The summed E-state index contributed by atoms with van der Waals surface area (Å²) in [6, 6.07) is 6.47. The molecule has 0 aromatic heterocycles. The lowest BCUT2D eigenvalue weighted by molar-refractivity contribution is -0.143. The van der Waals surface area contributed by atoms with Gasteiger partial charge in [-0.1, -0.05) is 12.2 Å². The van der Waals surface area contributed by atoms with Crippen LogP contribution in [0.1, 0.15) is 37.0 Å². The number of allylic oxidation sites excluding steroid dienone is 2. The number of hydrogen-bond donors (Lipinski definition) is 2. The largest absolute Gasteiger partial charge is 0.491 e. The zero-order valence-corrected chi connectivity index (χ0v) is 15.8. The highest BCUT2D eigenvalue weighted by molar-refractivity contribution is 6.07. The molecule has 2 aliphatic rings. The highest BCUT2D eigenvalue weighted by Gasteiger charge is 2.47. The molecule has 0 saturated carbocycles. The molecule has 1 aliphatic heterocycles. The minimum Gasteiger partial charge on any atom is -0.491 e. The van der Waals surface area contributed by atoms with Crippen molar-refractivity contribution < 1.29 is 23.9 Å². The van der Waals surface area contributed by atoms with Gasteiger partial charge in [0, 0.05) is 5.56 Å². The van der Waals surface area contributed by atoms with Crippen LogP contribution in [0.2, 0.25) is 0 Å². The average Bonchev–Trinajstić information content (AvgIpc) is 2.91. The van der Waals surface area contributed by atoms with Crippen LogP contribution in [-0.4, -0.2) is 41.2 Å². The van der Waals surface area contributed by atoms with Crippen LogP contribution in [0.4, 0.5) is 0 Å². The van der Waals surface area contributed by atoms with Crippen molar-refractivity contribution in [3.05, 3.63) is 42.0 Å². The lowest BCUT2D eigenvalue weighted by Gasteiger charge is -2.15. The van der Waals surface area contributed by atoms with Gasteiger partial charge < -0.3 is 4.74 Å². The van der Waals surface area contributed by atoms with Crippen LogP contribution in [-0.2, 0) is 14.4 Å². The first-order valence-electron chi connectivity index (χ1n) is 9.23. The van der Waals surface area contributed by atoms with E-state index in [0.717, 1.165) is 4.90 Å². The third-order valence-corrected chi connectivity index (χ3v) is 4.70. The minimum absolute atomic E-state index is 0.0228. The quantitative estimate of drug-likeness (QED) is 0.450. The van der Waals surface area contributed by atoms with Crippen molar-refractivity contribution in [2.24, 2.45) is 11.8 Å². The van der Waals surface area contributed by atoms with E-state index < -0.39 is 18.4 Å². The average molecular weight is 385 g/mol. The molecule has 8 heteroatoms. The van der Waals surface area contributed by atoms with E-state index in [1.54, 1.807) is 24.3 Å². The van der Waals surface area contributed by atoms with E-state index in [2.05, 4.69) is 10.9 Å². The minimum atomic E-state index is -0.638. The smallest absolute Gasteiger partial charge is 0.269 e. The predicted molar refractivity (Wildman–Crippen MR) is 99.9 cm³/mol. The van der Waals surface area contributed by atoms with Gasteiger partial charge in [0.15, 0.2) is 0 Å². The first kappa shape index (κ1) is 19.6. The summed E-state index contributed by atoms with van der Waals surface area (Å²) in [7, 11) is 0. The monoisotopic (exact) mass is 385 g/mol. The van der Waals surface area contributed by atoms with Crippen LogP contribution < -0.4 is 15.6 Å². The molecule has 4 amide bonds. The van der Waals surface area contributed by atoms with E-state index in [1.165, 1.54) is 0 Å². The number of likely N-dealkylation sites (tertiary alicyclic amines) is 1. The van der Waals surface area contributed by atoms with Crippen LogP contribution in [0.5, 0.6) is 5.75 Å². The van der Waals surface area contributed by atoms with E-state index in [0.29, 0.717) is 24.2 Å². The Morgan fingerprint density at radius 3 is 2.14 bits per heavy atom. The van der Waals surface area contributed by atoms with Crippen LogP contribution in [0.25, 0.3) is 0 Å². The molecule has 1 fully saturated rings. The summed E-state index contributed by atoms with van der Waals surface area (Å²) in [6.45, 7) is 3.39. The summed E-state index contributed by atoms with van der Waals surface area (Å²) in [5.74, 6) is -1.94. The van der Waals surface area contributed by atoms with Crippen LogP contribution in [0, 0.1) is 11.8 Å². The molecule has 1 aromatic carbocycles. The molecule has 2 atom stereocenters. The van der Waals surface area contributed by atoms with E-state index >= 15 is 0 Å². The molecule has 1 saturated heterocycles. The summed E-state index contributed by atoms with van der Waals surface area (Å²) in [5.41, 5.74) is 4.87. The third-order valence-electron chi connectivity index (χ3n) is 4.70. The Morgan fingerprint density at radius 2 is 1.61 bits per heavy atom. The summed E-state index contributed by atoms with van der Waals surface area (Å²) in [6.07, 6.45) is 4.82. The molecule has 28 heavy (non-hydrogen) atoms. The number of ether oxygens (including phenoxy) is 1. The number of imide groups is 1. The van der Waals surface area contributed by atoms with Crippen molar-refractivity contribution in [3.8, 4) is 5.75 Å². The first-order chi connectivity index (χ1) is 13.4. The van der Waals surface area contributed by atoms with Gasteiger partial charge in [-0.25, -0.2) is 0 Å². The third kappa shape index (κ3) is 4.21. The van der Waals surface area contributed by atoms with E-state index in [4.69, 9.17) is 4.74 Å². The second-order valence-electron chi connectivity index (χ2n) is 7.11. The van der Waals surface area contributed by atoms with Crippen molar-refractivity contribution in [2.45, 2.75) is 32.8 Å². The van der Waals surface area contributed by atoms with Crippen molar-refractivity contribution in [1.29, 1.82) is 0 Å².